The van der Waals surface area contributed by atoms with Crippen molar-refractivity contribution in [2.24, 2.45) is 0 Å². The number of alkyl carbamates (subject to hydrolysis) is 1. The summed E-state index contributed by atoms with van der Waals surface area (Å²) in [5.41, 5.74) is -0.671. The van der Waals surface area contributed by atoms with Gasteiger partial charge in [-0.2, -0.15) is 0 Å². The SMILES string of the molecule is COCOC/C=C(\C[C@@H](NC(=O)OC(C)(C)C)C(=O)OC)[Si](C)(C)c1ccccc1. The number of carbonyl (C=O) groups is 2. The third kappa shape index (κ3) is 8.69. The number of rotatable bonds is 10. The normalized spacial score (nSPS) is 13.5. The van der Waals surface area contributed by atoms with E-state index in [1.54, 1.807) is 27.9 Å². The Balaban J connectivity index is 3.16. The summed E-state index contributed by atoms with van der Waals surface area (Å²) in [6.45, 7) is 10.2. The molecule has 1 aromatic rings. The van der Waals surface area contributed by atoms with Crippen molar-refractivity contribution >= 4 is 25.3 Å². The molecule has 0 saturated heterocycles. The third-order valence-corrected chi connectivity index (χ3v) is 8.34. The number of benzene rings is 1. The van der Waals surface area contributed by atoms with Crippen molar-refractivity contribution in [3.05, 3.63) is 41.6 Å². The van der Waals surface area contributed by atoms with Crippen LogP contribution in [-0.4, -0.2) is 59.4 Å². The molecule has 0 aliphatic carbocycles. The van der Waals surface area contributed by atoms with Crippen LogP contribution in [0.15, 0.2) is 41.6 Å². The van der Waals surface area contributed by atoms with Crippen molar-refractivity contribution in [2.75, 3.05) is 27.6 Å². The Labute approximate surface area is 180 Å². The van der Waals surface area contributed by atoms with Crippen molar-refractivity contribution in [1.82, 2.24) is 5.32 Å². The molecule has 1 N–H and O–H groups in total. The number of amides is 1. The second-order valence-corrected chi connectivity index (χ2v) is 12.9. The van der Waals surface area contributed by atoms with E-state index in [1.165, 1.54) is 12.3 Å². The van der Waals surface area contributed by atoms with Gasteiger partial charge in [-0.15, -0.1) is 0 Å². The third-order valence-electron chi connectivity index (χ3n) is 4.55. The molecule has 8 heteroatoms. The highest BCUT2D eigenvalue weighted by Gasteiger charge is 2.33. The minimum Gasteiger partial charge on any atom is -0.467 e. The fraction of sp³-hybridized carbons (Fsp3) is 0.545. The number of esters is 1. The molecule has 0 aromatic heterocycles. The molecule has 30 heavy (non-hydrogen) atoms. The van der Waals surface area contributed by atoms with E-state index in [0.29, 0.717) is 13.0 Å². The van der Waals surface area contributed by atoms with Crippen LogP contribution in [0, 0.1) is 0 Å². The monoisotopic (exact) mass is 437 g/mol. The standard InChI is InChI=1S/C22H35NO6Si/c1-22(2,3)29-21(25)23-19(20(24)27-5)15-18(13-14-28-16-26-4)30(6,7)17-11-9-8-10-12-17/h8-13,19H,14-16H2,1-7H3,(H,23,25)/b18-13+/t19-/m1/s1. The van der Waals surface area contributed by atoms with E-state index in [2.05, 4.69) is 30.5 Å². The summed E-state index contributed by atoms with van der Waals surface area (Å²) in [7, 11) is 0.715. The van der Waals surface area contributed by atoms with E-state index < -0.39 is 31.8 Å². The van der Waals surface area contributed by atoms with Gasteiger partial charge in [0.05, 0.1) is 13.7 Å². The second kappa shape index (κ2) is 11.9. The molecule has 0 radical (unpaired) electrons. The van der Waals surface area contributed by atoms with Crippen LogP contribution in [-0.2, 0) is 23.7 Å². The molecular weight excluding hydrogens is 402 g/mol. The van der Waals surface area contributed by atoms with Gasteiger partial charge in [0.15, 0.2) is 0 Å². The lowest BCUT2D eigenvalue weighted by atomic mass is 10.2. The van der Waals surface area contributed by atoms with Crippen LogP contribution in [0.4, 0.5) is 4.79 Å². The minimum absolute atomic E-state index is 0.174. The molecule has 1 atom stereocenters. The summed E-state index contributed by atoms with van der Waals surface area (Å²) in [4.78, 5) is 24.7. The quantitative estimate of drug-likeness (QED) is 0.262. The zero-order valence-corrected chi connectivity index (χ0v) is 20.1. The largest absolute Gasteiger partial charge is 0.467 e. The van der Waals surface area contributed by atoms with Crippen LogP contribution >= 0.6 is 0 Å². The summed E-state index contributed by atoms with van der Waals surface area (Å²) in [5.74, 6) is -0.526. The molecule has 0 heterocycles. The summed E-state index contributed by atoms with van der Waals surface area (Å²) in [6.07, 6.45) is 1.62. The highest BCUT2D eigenvalue weighted by molar-refractivity contribution is 6.95. The van der Waals surface area contributed by atoms with Gasteiger partial charge in [0.2, 0.25) is 0 Å². The van der Waals surface area contributed by atoms with E-state index in [1.807, 2.05) is 24.3 Å². The van der Waals surface area contributed by atoms with Gasteiger partial charge in [-0.3, -0.25) is 0 Å². The lowest BCUT2D eigenvalue weighted by Gasteiger charge is -2.30. The molecule has 1 rings (SSSR count). The van der Waals surface area contributed by atoms with Crippen molar-refractivity contribution in [2.45, 2.75) is 51.9 Å². The zero-order chi connectivity index (χ0) is 22.8. The molecule has 0 saturated carbocycles. The minimum atomic E-state index is -2.15. The van der Waals surface area contributed by atoms with Gasteiger partial charge in [-0.25, -0.2) is 9.59 Å². The van der Waals surface area contributed by atoms with Crippen LogP contribution < -0.4 is 10.5 Å². The van der Waals surface area contributed by atoms with Crippen molar-refractivity contribution in [3.8, 4) is 0 Å². The molecular formula is C22H35NO6Si. The predicted molar refractivity (Wildman–Crippen MR) is 119 cm³/mol. The van der Waals surface area contributed by atoms with E-state index in [9.17, 15) is 9.59 Å². The number of methoxy groups -OCH3 is 2. The van der Waals surface area contributed by atoms with E-state index in [-0.39, 0.29) is 6.79 Å². The number of hydrogen-bond acceptors (Lipinski definition) is 6. The lowest BCUT2D eigenvalue weighted by molar-refractivity contribution is -0.143. The van der Waals surface area contributed by atoms with E-state index >= 15 is 0 Å². The fourth-order valence-electron chi connectivity index (χ4n) is 2.93. The number of carbonyl (C=O) groups excluding carboxylic acids is 2. The van der Waals surface area contributed by atoms with Gasteiger partial charge >= 0.3 is 12.1 Å². The smallest absolute Gasteiger partial charge is 0.408 e. The number of hydrogen-bond donors (Lipinski definition) is 1. The first-order chi connectivity index (χ1) is 14.0. The molecule has 0 fully saturated rings. The molecule has 1 amide bonds. The predicted octanol–water partition coefficient (Wildman–Crippen LogP) is 3.14. The Hall–Kier alpha value is -2.16. The van der Waals surface area contributed by atoms with Crippen LogP contribution in [0.25, 0.3) is 0 Å². The highest BCUT2D eigenvalue weighted by atomic mass is 28.3. The molecule has 0 bridgehead atoms. The molecule has 1 aromatic carbocycles. The maximum absolute atomic E-state index is 12.4. The van der Waals surface area contributed by atoms with Gasteiger partial charge in [-0.05, 0) is 27.2 Å². The number of ether oxygens (including phenoxy) is 4. The molecule has 168 valence electrons. The first kappa shape index (κ1) is 25.9. The first-order valence-corrected chi connectivity index (χ1v) is 12.9. The molecule has 0 spiro atoms. The van der Waals surface area contributed by atoms with Crippen molar-refractivity contribution in [3.63, 3.8) is 0 Å². The van der Waals surface area contributed by atoms with Gasteiger partial charge in [-0.1, -0.05) is 59.9 Å². The average molecular weight is 438 g/mol. The van der Waals surface area contributed by atoms with Crippen molar-refractivity contribution < 1.29 is 28.5 Å². The second-order valence-electron chi connectivity index (χ2n) is 8.42. The molecule has 7 nitrogen and oxygen atoms in total. The summed E-state index contributed by atoms with van der Waals surface area (Å²) >= 11 is 0. The summed E-state index contributed by atoms with van der Waals surface area (Å²) < 4.78 is 20.7. The lowest BCUT2D eigenvalue weighted by Crippen LogP contribution is -2.49. The summed E-state index contributed by atoms with van der Waals surface area (Å²) in [6, 6.07) is 9.28. The molecule has 0 aliphatic heterocycles. The van der Waals surface area contributed by atoms with E-state index in [4.69, 9.17) is 18.9 Å². The van der Waals surface area contributed by atoms with E-state index in [0.717, 1.165) is 5.20 Å². The van der Waals surface area contributed by atoms with Crippen LogP contribution in [0.1, 0.15) is 27.2 Å². The maximum Gasteiger partial charge on any atom is 0.408 e. The summed E-state index contributed by atoms with van der Waals surface area (Å²) in [5, 5.41) is 4.92. The Morgan fingerprint density at radius 2 is 1.77 bits per heavy atom. The van der Waals surface area contributed by atoms with Gasteiger partial charge in [0, 0.05) is 7.11 Å². The Bertz CT molecular complexity index is 712. The Kier molecular flexibility index (Phi) is 10.2. The number of nitrogens with one attached hydrogen (secondary N) is 1. The maximum atomic E-state index is 12.4. The zero-order valence-electron chi connectivity index (χ0n) is 19.1. The van der Waals surface area contributed by atoms with Gasteiger partial charge in [0.25, 0.3) is 0 Å². The Morgan fingerprint density at radius 3 is 2.30 bits per heavy atom. The fourth-order valence-corrected chi connectivity index (χ4v) is 5.63. The molecule has 0 aliphatic rings. The topological polar surface area (TPSA) is 83.1 Å². The highest BCUT2D eigenvalue weighted by Crippen LogP contribution is 2.21. The first-order valence-electron chi connectivity index (χ1n) is 9.90. The van der Waals surface area contributed by atoms with Gasteiger partial charge in [0.1, 0.15) is 26.5 Å². The van der Waals surface area contributed by atoms with Crippen LogP contribution in [0.5, 0.6) is 0 Å². The van der Waals surface area contributed by atoms with Crippen molar-refractivity contribution in [1.29, 1.82) is 0 Å². The Morgan fingerprint density at radius 1 is 1.13 bits per heavy atom. The molecule has 0 unspecified atom stereocenters. The average Bonchev–Trinajstić information content (AvgIpc) is 2.68. The van der Waals surface area contributed by atoms with Crippen LogP contribution in [0.2, 0.25) is 13.1 Å². The van der Waals surface area contributed by atoms with Crippen LogP contribution in [0.3, 0.4) is 0 Å². The van der Waals surface area contributed by atoms with Gasteiger partial charge < -0.3 is 24.3 Å².